The number of ketones is 1. The normalized spacial score (nSPS) is 12.5. The van der Waals surface area contributed by atoms with E-state index in [1.54, 1.807) is 0 Å². The van der Waals surface area contributed by atoms with Gasteiger partial charge in [0.25, 0.3) is 0 Å². The molecule has 0 fully saturated rings. The Balaban J connectivity index is 1.80. The van der Waals surface area contributed by atoms with Crippen LogP contribution in [0, 0.1) is 0 Å². The summed E-state index contributed by atoms with van der Waals surface area (Å²) < 4.78 is 15.8. The lowest BCUT2D eigenvalue weighted by atomic mass is 9.97. The van der Waals surface area contributed by atoms with Crippen LogP contribution in [0.25, 0.3) is 21.7 Å². The van der Waals surface area contributed by atoms with Crippen molar-refractivity contribution in [2.75, 3.05) is 0 Å². The minimum atomic E-state index is -0.816. The fourth-order valence-electron chi connectivity index (χ4n) is 3.66. The molecule has 2 nitrogen and oxygen atoms in total. The number of hydrogen-bond acceptors (Lipinski definition) is 1. The molecule has 0 N–H and O–H groups in total. The maximum atomic E-state index is 13.7. The first-order valence-electron chi connectivity index (χ1n) is 9.43. The van der Waals surface area contributed by atoms with Gasteiger partial charge in [0.15, 0.2) is 5.78 Å². The van der Waals surface area contributed by atoms with Gasteiger partial charge >= 0.3 is 0 Å². The number of halogens is 1. The third-order valence-electron chi connectivity index (χ3n) is 5.19. The minimum Gasteiger partial charge on any atom is -0.347 e. The van der Waals surface area contributed by atoms with Crippen molar-refractivity contribution < 1.29 is 9.18 Å². The highest BCUT2D eigenvalue weighted by molar-refractivity contribution is 6.21. The van der Waals surface area contributed by atoms with Gasteiger partial charge in [0.1, 0.15) is 6.17 Å². The zero-order chi connectivity index (χ0) is 18.8. The Kier molecular flexibility index (Phi) is 4.76. The first kappa shape index (κ1) is 17.5. The Morgan fingerprint density at radius 2 is 1.63 bits per heavy atom. The number of carbonyl (C=O) groups excluding carboxylic acids is 1. The number of alkyl halides is 1. The van der Waals surface area contributed by atoms with Crippen LogP contribution in [0.15, 0.2) is 72.9 Å². The number of fused-ring (bicyclic) bond motifs is 2. The summed E-state index contributed by atoms with van der Waals surface area (Å²) >= 11 is 0. The zero-order valence-corrected chi connectivity index (χ0v) is 15.4. The van der Waals surface area contributed by atoms with E-state index in [-0.39, 0.29) is 5.78 Å². The van der Waals surface area contributed by atoms with E-state index in [4.69, 9.17) is 0 Å². The predicted molar refractivity (Wildman–Crippen MR) is 109 cm³/mol. The van der Waals surface area contributed by atoms with Gasteiger partial charge in [0.05, 0.1) is 0 Å². The summed E-state index contributed by atoms with van der Waals surface area (Å²) in [6.45, 7) is 2.42. The molecule has 136 valence electrons. The van der Waals surface area contributed by atoms with Crippen LogP contribution in [0.5, 0.6) is 0 Å². The van der Waals surface area contributed by atoms with E-state index in [1.807, 2.05) is 84.4 Å². The van der Waals surface area contributed by atoms with E-state index in [0.717, 1.165) is 21.7 Å². The van der Waals surface area contributed by atoms with Gasteiger partial charge in [-0.25, -0.2) is 4.39 Å². The summed E-state index contributed by atoms with van der Waals surface area (Å²) in [4.78, 5) is 13.4. The molecule has 0 bridgehead atoms. The van der Waals surface area contributed by atoms with Crippen molar-refractivity contribution in [3.05, 3.63) is 84.1 Å². The van der Waals surface area contributed by atoms with E-state index >= 15 is 0 Å². The standard InChI is InChI=1S/C24H22FNO/c1-2-18(25)14-15-26-16-22(20-11-5-6-13-23(20)26)24(27)21-12-7-9-17-8-3-4-10-19(17)21/h3-13,16,18H,2,14-15H2,1H3. The van der Waals surface area contributed by atoms with Crippen LogP contribution in [0.3, 0.4) is 0 Å². The first-order valence-corrected chi connectivity index (χ1v) is 9.43. The van der Waals surface area contributed by atoms with Crippen LogP contribution in [0.2, 0.25) is 0 Å². The van der Waals surface area contributed by atoms with Crippen molar-refractivity contribution in [1.82, 2.24) is 4.57 Å². The Morgan fingerprint density at radius 3 is 2.44 bits per heavy atom. The molecule has 3 heteroatoms. The average Bonchev–Trinajstić information content (AvgIpc) is 3.10. The Hall–Kier alpha value is -2.94. The molecule has 4 rings (SSSR count). The Bertz CT molecular complexity index is 1110. The molecular formula is C24H22FNO. The van der Waals surface area contributed by atoms with Crippen molar-refractivity contribution in [3.8, 4) is 0 Å². The molecule has 0 aliphatic rings. The van der Waals surface area contributed by atoms with Crippen molar-refractivity contribution in [2.24, 2.45) is 0 Å². The van der Waals surface area contributed by atoms with Crippen molar-refractivity contribution in [1.29, 1.82) is 0 Å². The molecule has 0 spiro atoms. The van der Waals surface area contributed by atoms with Crippen LogP contribution >= 0.6 is 0 Å². The molecule has 1 atom stereocenters. The highest BCUT2D eigenvalue weighted by Gasteiger charge is 2.18. The SMILES string of the molecule is CCC(F)CCn1cc(C(=O)c2cccc3ccccc23)c2ccccc21. The molecular weight excluding hydrogens is 337 g/mol. The topological polar surface area (TPSA) is 22.0 Å². The van der Waals surface area contributed by atoms with Gasteiger partial charge in [-0.15, -0.1) is 0 Å². The van der Waals surface area contributed by atoms with E-state index in [1.165, 1.54) is 0 Å². The fourth-order valence-corrected chi connectivity index (χ4v) is 3.66. The van der Waals surface area contributed by atoms with Gasteiger partial charge in [-0.3, -0.25) is 4.79 Å². The molecule has 0 radical (unpaired) electrons. The number of carbonyl (C=O) groups is 1. The predicted octanol–water partition coefficient (Wildman–Crippen LogP) is 6.16. The number of rotatable bonds is 6. The summed E-state index contributed by atoms with van der Waals surface area (Å²) in [6, 6.07) is 21.6. The maximum Gasteiger partial charge on any atom is 0.195 e. The van der Waals surface area contributed by atoms with Crippen molar-refractivity contribution in [3.63, 3.8) is 0 Å². The van der Waals surface area contributed by atoms with E-state index in [2.05, 4.69) is 0 Å². The molecule has 0 saturated carbocycles. The number of hydrogen-bond donors (Lipinski definition) is 0. The van der Waals surface area contributed by atoms with Gasteiger partial charge in [-0.2, -0.15) is 0 Å². The van der Waals surface area contributed by atoms with Crippen LogP contribution in [-0.4, -0.2) is 16.5 Å². The summed E-state index contributed by atoms with van der Waals surface area (Å²) in [5, 5.41) is 2.93. The second kappa shape index (κ2) is 7.36. The Morgan fingerprint density at radius 1 is 0.926 bits per heavy atom. The van der Waals surface area contributed by atoms with Crippen LogP contribution < -0.4 is 0 Å². The average molecular weight is 359 g/mol. The quantitative estimate of drug-likeness (QED) is 0.378. The third kappa shape index (κ3) is 3.25. The van der Waals surface area contributed by atoms with Gasteiger partial charge in [0, 0.05) is 34.8 Å². The van der Waals surface area contributed by atoms with Crippen molar-refractivity contribution >= 4 is 27.5 Å². The molecule has 1 aromatic heterocycles. The maximum absolute atomic E-state index is 13.7. The second-order valence-corrected chi connectivity index (χ2v) is 6.90. The fraction of sp³-hybridized carbons (Fsp3) is 0.208. The summed E-state index contributed by atoms with van der Waals surface area (Å²) in [6.07, 6.45) is 2.04. The van der Waals surface area contributed by atoms with Gasteiger partial charge in [-0.1, -0.05) is 67.6 Å². The molecule has 27 heavy (non-hydrogen) atoms. The number of aromatic nitrogens is 1. The number of nitrogens with zero attached hydrogens (tertiary/aromatic N) is 1. The highest BCUT2D eigenvalue weighted by atomic mass is 19.1. The lowest BCUT2D eigenvalue weighted by molar-refractivity contribution is 0.104. The van der Waals surface area contributed by atoms with Crippen LogP contribution in [0.1, 0.15) is 35.7 Å². The summed E-state index contributed by atoms with van der Waals surface area (Å²) in [5.74, 6) is 0.00837. The molecule has 3 aromatic carbocycles. The van der Waals surface area contributed by atoms with E-state index in [0.29, 0.717) is 30.5 Å². The van der Waals surface area contributed by atoms with E-state index in [9.17, 15) is 9.18 Å². The molecule has 0 saturated heterocycles. The van der Waals surface area contributed by atoms with Crippen LogP contribution in [0.4, 0.5) is 4.39 Å². The third-order valence-corrected chi connectivity index (χ3v) is 5.19. The van der Waals surface area contributed by atoms with Crippen molar-refractivity contribution in [2.45, 2.75) is 32.5 Å². The number of para-hydroxylation sites is 1. The largest absolute Gasteiger partial charge is 0.347 e. The smallest absolute Gasteiger partial charge is 0.195 e. The van der Waals surface area contributed by atoms with Gasteiger partial charge in [-0.05, 0) is 29.7 Å². The summed E-state index contributed by atoms with van der Waals surface area (Å²) in [7, 11) is 0. The first-order chi connectivity index (χ1) is 13.2. The number of benzene rings is 3. The molecule has 0 amide bonds. The molecule has 1 heterocycles. The number of aryl methyl sites for hydroxylation is 1. The lowest BCUT2D eigenvalue weighted by Crippen LogP contribution is -2.05. The summed E-state index contributed by atoms with van der Waals surface area (Å²) in [5.41, 5.74) is 2.35. The van der Waals surface area contributed by atoms with Gasteiger partial charge in [0.2, 0.25) is 0 Å². The molecule has 0 aliphatic carbocycles. The molecule has 0 aliphatic heterocycles. The van der Waals surface area contributed by atoms with E-state index < -0.39 is 6.17 Å². The zero-order valence-electron chi connectivity index (χ0n) is 15.4. The second-order valence-electron chi connectivity index (χ2n) is 6.90. The molecule has 4 aromatic rings. The lowest BCUT2D eigenvalue weighted by Gasteiger charge is -2.07. The minimum absolute atomic E-state index is 0.00837. The molecule has 1 unspecified atom stereocenters. The highest BCUT2D eigenvalue weighted by Crippen LogP contribution is 2.27. The Labute approximate surface area is 158 Å². The van der Waals surface area contributed by atoms with Crippen LogP contribution in [-0.2, 0) is 6.54 Å². The van der Waals surface area contributed by atoms with Gasteiger partial charge < -0.3 is 4.57 Å². The monoisotopic (exact) mass is 359 g/mol.